The summed E-state index contributed by atoms with van der Waals surface area (Å²) in [6.07, 6.45) is 2.06. The predicted octanol–water partition coefficient (Wildman–Crippen LogP) is 0.817. The highest BCUT2D eigenvalue weighted by Crippen LogP contribution is 2.15. The Bertz CT molecular complexity index is 561. The molecule has 1 amide bonds. The highest BCUT2D eigenvalue weighted by molar-refractivity contribution is 7.07. The maximum Gasteiger partial charge on any atom is 0.307 e. The van der Waals surface area contributed by atoms with Crippen molar-refractivity contribution >= 4 is 17.2 Å². The summed E-state index contributed by atoms with van der Waals surface area (Å²) in [6, 6.07) is 0. The van der Waals surface area contributed by atoms with Crippen LogP contribution in [0.25, 0.3) is 0 Å². The van der Waals surface area contributed by atoms with Gasteiger partial charge in [0.25, 0.3) is 0 Å². The van der Waals surface area contributed by atoms with E-state index >= 15 is 0 Å². The number of aliphatic hydroxyl groups is 1. The number of amides is 1. The topological polar surface area (TPSA) is 74.6 Å². The largest absolute Gasteiger partial charge is 0.390 e. The summed E-state index contributed by atoms with van der Waals surface area (Å²) in [4.78, 5) is 25.6. The molecule has 1 aliphatic heterocycles. The Hall–Kier alpha value is -1.18. The molecule has 1 aliphatic rings. The molecule has 1 atom stereocenters. The highest BCUT2D eigenvalue weighted by Gasteiger charge is 2.18. The molecule has 1 saturated heterocycles. The van der Waals surface area contributed by atoms with Gasteiger partial charge in [0.05, 0.1) is 6.10 Å². The first-order chi connectivity index (χ1) is 11.0. The third kappa shape index (κ3) is 5.75. The van der Waals surface area contributed by atoms with Crippen molar-refractivity contribution < 1.29 is 9.90 Å². The molecule has 6 nitrogen and oxygen atoms in total. The molecule has 1 unspecified atom stereocenters. The van der Waals surface area contributed by atoms with Crippen LogP contribution in [-0.4, -0.2) is 52.8 Å². The van der Waals surface area contributed by atoms with Crippen molar-refractivity contribution in [3.63, 3.8) is 0 Å². The van der Waals surface area contributed by atoms with E-state index in [1.807, 2.05) is 6.92 Å². The van der Waals surface area contributed by atoms with Gasteiger partial charge in [-0.15, -0.1) is 0 Å². The Labute approximate surface area is 141 Å². The summed E-state index contributed by atoms with van der Waals surface area (Å²) >= 11 is 1.15. The van der Waals surface area contributed by atoms with Gasteiger partial charge in [-0.1, -0.05) is 18.3 Å². The van der Waals surface area contributed by atoms with Gasteiger partial charge in [-0.2, -0.15) is 0 Å². The van der Waals surface area contributed by atoms with E-state index in [0.717, 1.165) is 36.0 Å². The molecule has 1 aromatic heterocycles. The number of nitrogens with one attached hydrogen (secondary N) is 1. The maximum absolute atomic E-state index is 11.9. The number of nitrogens with zero attached hydrogens (tertiary/aromatic N) is 2. The number of β-amino-alcohol motifs (C(OH)–C–C–N with tert-alkyl or cyclic N) is 1. The van der Waals surface area contributed by atoms with E-state index in [-0.39, 0.29) is 23.7 Å². The third-order valence-electron chi connectivity index (χ3n) is 4.42. The molecule has 7 heteroatoms. The van der Waals surface area contributed by atoms with Crippen molar-refractivity contribution in [2.45, 2.75) is 45.8 Å². The maximum atomic E-state index is 11.9. The second-order valence-corrected chi connectivity index (χ2v) is 7.31. The van der Waals surface area contributed by atoms with Crippen LogP contribution in [0.15, 0.2) is 10.2 Å². The molecule has 2 heterocycles. The molecular weight excluding hydrogens is 314 g/mol. The zero-order valence-electron chi connectivity index (χ0n) is 14.0. The van der Waals surface area contributed by atoms with Crippen molar-refractivity contribution in [3.8, 4) is 0 Å². The third-order valence-corrected chi connectivity index (χ3v) is 5.30. The van der Waals surface area contributed by atoms with Crippen LogP contribution in [-0.2, 0) is 11.3 Å². The lowest BCUT2D eigenvalue weighted by molar-refractivity contribution is -0.121. The Balaban J connectivity index is 1.65. The molecule has 0 aromatic carbocycles. The standard InChI is InChI=1S/C16H27N3O3S/c1-12-3-6-18(7-4-12)10-14(20)9-17-15(21)5-8-19-13(2)11-23-16(19)22/h11-12,14,20H,3-10H2,1-2H3,(H,17,21). The van der Waals surface area contributed by atoms with Crippen molar-refractivity contribution in [2.75, 3.05) is 26.2 Å². The Kier molecular flexibility index (Phi) is 6.80. The number of rotatable bonds is 7. The summed E-state index contributed by atoms with van der Waals surface area (Å²) in [7, 11) is 0. The number of hydrogen-bond acceptors (Lipinski definition) is 5. The lowest BCUT2D eigenvalue weighted by Crippen LogP contribution is -2.43. The van der Waals surface area contributed by atoms with E-state index in [1.165, 1.54) is 12.8 Å². The molecule has 0 saturated carbocycles. The first-order valence-corrected chi connectivity index (χ1v) is 9.15. The summed E-state index contributed by atoms with van der Waals surface area (Å²) in [5, 5.41) is 14.6. The summed E-state index contributed by atoms with van der Waals surface area (Å²) in [6.45, 7) is 7.42. The number of hydrogen-bond donors (Lipinski definition) is 2. The van der Waals surface area contributed by atoms with Crippen LogP contribution in [0.4, 0.5) is 0 Å². The van der Waals surface area contributed by atoms with Crippen LogP contribution >= 0.6 is 11.3 Å². The molecule has 2 N–H and O–H groups in total. The highest BCUT2D eigenvalue weighted by atomic mass is 32.1. The van der Waals surface area contributed by atoms with Gasteiger partial charge in [-0.25, -0.2) is 0 Å². The van der Waals surface area contributed by atoms with Gasteiger partial charge in [0.15, 0.2) is 0 Å². The molecule has 0 aliphatic carbocycles. The fraction of sp³-hybridized carbons (Fsp3) is 0.750. The van der Waals surface area contributed by atoms with E-state index in [2.05, 4.69) is 17.1 Å². The number of likely N-dealkylation sites (tertiary alicyclic amines) is 1. The zero-order chi connectivity index (χ0) is 16.8. The Morgan fingerprint density at radius 1 is 1.48 bits per heavy atom. The second-order valence-electron chi connectivity index (χ2n) is 6.49. The van der Waals surface area contributed by atoms with Crippen LogP contribution in [0, 0.1) is 12.8 Å². The first kappa shape index (κ1) is 18.2. The minimum atomic E-state index is -0.544. The molecule has 1 fully saturated rings. The lowest BCUT2D eigenvalue weighted by atomic mass is 9.99. The van der Waals surface area contributed by atoms with Crippen molar-refractivity contribution in [1.29, 1.82) is 0 Å². The van der Waals surface area contributed by atoms with Crippen LogP contribution in [0.2, 0.25) is 0 Å². The van der Waals surface area contributed by atoms with E-state index in [0.29, 0.717) is 13.1 Å². The van der Waals surface area contributed by atoms with Gasteiger partial charge in [-0.3, -0.25) is 9.59 Å². The van der Waals surface area contributed by atoms with Crippen molar-refractivity contribution in [2.24, 2.45) is 5.92 Å². The molecule has 23 heavy (non-hydrogen) atoms. The second kappa shape index (κ2) is 8.61. The van der Waals surface area contributed by atoms with E-state index in [1.54, 1.807) is 9.95 Å². The SMILES string of the molecule is Cc1csc(=O)n1CCC(=O)NCC(O)CN1CCC(C)CC1. The molecule has 1 aromatic rings. The summed E-state index contributed by atoms with van der Waals surface area (Å²) in [5.74, 6) is 0.640. The van der Waals surface area contributed by atoms with Gasteiger partial charge < -0.3 is 19.9 Å². The van der Waals surface area contributed by atoms with E-state index in [9.17, 15) is 14.7 Å². The van der Waals surface area contributed by atoms with Crippen LogP contribution in [0.5, 0.6) is 0 Å². The number of aliphatic hydroxyl groups excluding tert-OH is 1. The smallest absolute Gasteiger partial charge is 0.307 e. The van der Waals surface area contributed by atoms with Crippen molar-refractivity contribution in [3.05, 3.63) is 20.7 Å². The molecule has 0 radical (unpaired) electrons. The Morgan fingerprint density at radius 2 is 2.17 bits per heavy atom. The van der Waals surface area contributed by atoms with Gasteiger partial charge in [0.2, 0.25) is 5.91 Å². The molecule has 0 spiro atoms. The van der Waals surface area contributed by atoms with Gasteiger partial charge >= 0.3 is 4.87 Å². The zero-order valence-corrected chi connectivity index (χ0v) is 14.8. The van der Waals surface area contributed by atoms with Gasteiger partial charge in [0.1, 0.15) is 0 Å². The average molecular weight is 341 g/mol. The molecular formula is C16H27N3O3S. The van der Waals surface area contributed by atoms with Crippen LogP contribution < -0.4 is 10.2 Å². The number of carbonyl (C=O) groups is 1. The number of carbonyl (C=O) groups excluding carboxylic acids is 1. The Morgan fingerprint density at radius 3 is 2.78 bits per heavy atom. The molecule has 0 bridgehead atoms. The number of thiazole rings is 1. The average Bonchev–Trinajstić information content (AvgIpc) is 2.84. The molecule has 2 rings (SSSR count). The monoisotopic (exact) mass is 341 g/mol. The lowest BCUT2D eigenvalue weighted by Gasteiger charge is -2.31. The van der Waals surface area contributed by atoms with E-state index in [4.69, 9.17) is 0 Å². The van der Waals surface area contributed by atoms with Crippen LogP contribution in [0.1, 0.15) is 31.9 Å². The first-order valence-electron chi connectivity index (χ1n) is 8.27. The minimum absolute atomic E-state index is 0.0327. The molecule has 130 valence electrons. The predicted molar refractivity (Wildman–Crippen MR) is 91.8 cm³/mol. The van der Waals surface area contributed by atoms with Crippen molar-refractivity contribution in [1.82, 2.24) is 14.8 Å². The van der Waals surface area contributed by atoms with Gasteiger partial charge in [-0.05, 0) is 38.8 Å². The van der Waals surface area contributed by atoms with Crippen LogP contribution in [0.3, 0.4) is 0 Å². The minimum Gasteiger partial charge on any atom is -0.390 e. The number of piperidine rings is 1. The summed E-state index contributed by atoms with van der Waals surface area (Å²) in [5.41, 5.74) is 0.882. The van der Waals surface area contributed by atoms with E-state index < -0.39 is 6.10 Å². The fourth-order valence-electron chi connectivity index (χ4n) is 2.82. The normalized spacial score (nSPS) is 18.0. The number of aromatic nitrogens is 1. The van der Waals surface area contributed by atoms with Gasteiger partial charge in [0, 0.05) is 37.1 Å². The fourth-order valence-corrected chi connectivity index (χ4v) is 3.58. The summed E-state index contributed by atoms with van der Waals surface area (Å²) < 4.78 is 1.61. The quantitative estimate of drug-likeness (QED) is 0.770. The number of aryl methyl sites for hydroxylation is 1.